The van der Waals surface area contributed by atoms with E-state index in [9.17, 15) is 4.79 Å². The maximum absolute atomic E-state index is 10.5. The number of aromatic nitrogens is 1. The van der Waals surface area contributed by atoms with E-state index in [-0.39, 0.29) is 5.78 Å². The number of hydrogen-bond acceptors (Lipinski definition) is 3. The third-order valence-electron chi connectivity index (χ3n) is 0.777. The van der Waals surface area contributed by atoms with Gasteiger partial charge in [0.25, 0.3) is 0 Å². The molecule has 9 heavy (non-hydrogen) atoms. The molecule has 0 unspecified atom stereocenters. The molecular weight excluding hydrogens is 158 g/mol. The first-order valence-electron chi connectivity index (χ1n) is 2.32. The largest absolute Gasteiger partial charge is 0.292 e. The molecule has 1 rings (SSSR count). The van der Waals surface area contributed by atoms with Crippen LogP contribution in [0.3, 0.4) is 0 Å². The molecule has 0 aliphatic carbocycles. The van der Waals surface area contributed by atoms with E-state index in [1.54, 1.807) is 5.38 Å². The molecule has 0 spiro atoms. The molecule has 0 N–H and O–H groups in total. The number of ketones is 1. The SMILES string of the molecule is CC(=O)c1nc(Cl)cs1. The summed E-state index contributed by atoms with van der Waals surface area (Å²) in [6.07, 6.45) is 0. The van der Waals surface area contributed by atoms with Gasteiger partial charge in [-0.25, -0.2) is 4.98 Å². The highest BCUT2D eigenvalue weighted by Crippen LogP contribution is 2.13. The normalized spacial score (nSPS) is 9.56. The number of carbonyl (C=O) groups is 1. The van der Waals surface area contributed by atoms with Gasteiger partial charge < -0.3 is 0 Å². The molecule has 1 aromatic rings. The number of Topliss-reactive ketones (excluding diaryl/α,β-unsaturated/α-hetero) is 1. The van der Waals surface area contributed by atoms with Crippen molar-refractivity contribution in [3.8, 4) is 0 Å². The standard InChI is InChI=1S/C5H4ClNOS/c1-3(8)5-7-4(6)2-9-5/h2H,1H3. The van der Waals surface area contributed by atoms with Crippen LogP contribution in [0.4, 0.5) is 0 Å². The van der Waals surface area contributed by atoms with E-state index in [0.29, 0.717) is 10.2 Å². The summed E-state index contributed by atoms with van der Waals surface area (Å²) in [6, 6.07) is 0. The molecule has 1 heterocycles. The van der Waals surface area contributed by atoms with E-state index in [0.717, 1.165) is 0 Å². The number of thiazole rings is 1. The Balaban J connectivity index is 2.98. The van der Waals surface area contributed by atoms with Gasteiger partial charge in [0, 0.05) is 12.3 Å². The molecule has 48 valence electrons. The molecule has 2 nitrogen and oxygen atoms in total. The van der Waals surface area contributed by atoms with E-state index >= 15 is 0 Å². The summed E-state index contributed by atoms with van der Waals surface area (Å²) in [7, 11) is 0. The third-order valence-corrected chi connectivity index (χ3v) is 2.04. The highest BCUT2D eigenvalue weighted by molar-refractivity contribution is 7.12. The van der Waals surface area contributed by atoms with Crippen molar-refractivity contribution in [2.24, 2.45) is 0 Å². The van der Waals surface area contributed by atoms with Gasteiger partial charge in [-0.1, -0.05) is 11.6 Å². The first-order valence-corrected chi connectivity index (χ1v) is 3.58. The van der Waals surface area contributed by atoms with Gasteiger partial charge >= 0.3 is 0 Å². The number of halogens is 1. The molecule has 1 aromatic heterocycles. The van der Waals surface area contributed by atoms with E-state index < -0.39 is 0 Å². The minimum absolute atomic E-state index is 0.0353. The van der Waals surface area contributed by atoms with Gasteiger partial charge in [0.2, 0.25) is 0 Å². The van der Waals surface area contributed by atoms with Crippen LogP contribution in [0, 0.1) is 0 Å². The molecular formula is C5H4ClNOS. The molecule has 0 fully saturated rings. The summed E-state index contributed by atoms with van der Waals surface area (Å²) in [5.41, 5.74) is 0. The zero-order valence-electron chi connectivity index (χ0n) is 4.72. The van der Waals surface area contributed by atoms with Crippen molar-refractivity contribution in [1.29, 1.82) is 0 Å². The summed E-state index contributed by atoms with van der Waals surface area (Å²) in [5, 5.41) is 2.50. The van der Waals surface area contributed by atoms with E-state index in [1.807, 2.05) is 0 Å². The molecule has 0 aromatic carbocycles. The van der Waals surface area contributed by atoms with Gasteiger partial charge in [-0.05, 0) is 0 Å². The maximum Gasteiger partial charge on any atom is 0.188 e. The van der Waals surface area contributed by atoms with Gasteiger partial charge in [0.05, 0.1) is 0 Å². The van der Waals surface area contributed by atoms with Crippen molar-refractivity contribution in [3.63, 3.8) is 0 Å². The highest BCUT2D eigenvalue weighted by Gasteiger charge is 2.02. The van der Waals surface area contributed by atoms with E-state index in [4.69, 9.17) is 11.6 Å². The lowest BCUT2D eigenvalue weighted by Gasteiger charge is -1.79. The minimum atomic E-state index is -0.0353. The fourth-order valence-electron chi connectivity index (χ4n) is 0.416. The van der Waals surface area contributed by atoms with Crippen LogP contribution in [0.5, 0.6) is 0 Å². The Morgan fingerprint density at radius 3 is 2.78 bits per heavy atom. The Hall–Kier alpha value is -0.410. The lowest BCUT2D eigenvalue weighted by atomic mass is 10.5. The van der Waals surface area contributed by atoms with Crippen LogP contribution in [0.25, 0.3) is 0 Å². The van der Waals surface area contributed by atoms with Crippen molar-refractivity contribution < 1.29 is 4.79 Å². The van der Waals surface area contributed by atoms with Crippen LogP contribution < -0.4 is 0 Å². The maximum atomic E-state index is 10.5. The Kier molecular flexibility index (Phi) is 1.83. The van der Waals surface area contributed by atoms with E-state index in [2.05, 4.69) is 4.98 Å². The molecule has 0 atom stereocenters. The van der Waals surface area contributed by atoms with Crippen molar-refractivity contribution in [3.05, 3.63) is 15.5 Å². The highest BCUT2D eigenvalue weighted by atomic mass is 35.5. The minimum Gasteiger partial charge on any atom is -0.292 e. The first-order chi connectivity index (χ1) is 4.20. The Bertz CT molecular complexity index is 233. The van der Waals surface area contributed by atoms with Crippen LogP contribution >= 0.6 is 22.9 Å². The quantitative estimate of drug-likeness (QED) is 0.590. The Morgan fingerprint density at radius 1 is 1.89 bits per heavy atom. The lowest BCUT2D eigenvalue weighted by Crippen LogP contribution is -1.88. The smallest absolute Gasteiger partial charge is 0.188 e. The molecule has 4 heteroatoms. The van der Waals surface area contributed by atoms with Gasteiger partial charge in [0.15, 0.2) is 10.8 Å². The summed E-state index contributed by atoms with van der Waals surface area (Å²) in [6.45, 7) is 1.47. The van der Waals surface area contributed by atoms with Gasteiger partial charge in [-0.3, -0.25) is 4.79 Å². The third kappa shape index (κ3) is 1.50. The van der Waals surface area contributed by atoms with Crippen LogP contribution in [-0.4, -0.2) is 10.8 Å². The van der Waals surface area contributed by atoms with Crippen LogP contribution in [0.1, 0.15) is 16.7 Å². The van der Waals surface area contributed by atoms with Gasteiger partial charge in [-0.15, -0.1) is 11.3 Å². The topological polar surface area (TPSA) is 30.0 Å². The number of rotatable bonds is 1. The fourth-order valence-corrected chi connectivity index (χ4v) is 1.26. The summed E-state index contributed by atoms with van der Waals surface area (Å²) >= 11 is 6.72. The first kappa shape index (κ1) is 6.71. The van der Waals surface area contributed by atoms with Gasteiger partial charge in [-0.2, -0.15) is 0 Å². The average Bonchev–Trinajstić information content (AvgIpc) is 2.14. The molecule has 0 aliphatic heterocycles. The number of hydrogen-bond donors (Lipinski definition) is 0. The second kappa shape index (κ2) is 2.45. The Morgan fingerprint density at radius 2 is 2.56 bits per heavy atom. The molecule has 0 bridgehead atoms. The number of carbonyl (C=O) groups excluding carboxylic acids is 1. The van der Waals surface area contributed by atoms with E-state index in [1.165, 1.54) is 18.3 Å². The molecule has 0 radical (unpaired) electrons. The van der Waals surface area contributed by atoms with Crippen molar-refractivity contribution in [2.75, 3.05) is 0 Å². The second-order valence-corrected chi connectivity index (χ2v) is 2.78. The van der Waals surface area contributed by atoms with Gasteiger partial charge in [0.1, 0.15) is 5.15 Å². The predicted molar refractivity (Wildman–Crippen MR) is 37.1 cm³/mol. The fraction of sp³-hybridized carbons (Fsp3) is 0.200. The molecule has 0 amide bonds. The molecule has 0 saturated heterocycles. The Labute approximate surface area is 61.5 Å². The zero-order chi connectivity index (χ0) is 6.85. The monoisotopic (exact) mass is 161 g/mol. The van der Waals surface area contributed by atoms with Crippen LogP contribution in [0.15, 0.2) is 5.38 Å². The average molecular weight is 162 g/mol. The van der Waals surface area contributed by atoms with Crippen LogP contribution in [0.2, 0.25) is 5.15 Å². The van der Waals surface area contributed by atoms with Crippen molar-refractivity contribution in [1.82, 2.24) is 4.98 Å². The van der Waals surface area contributed by atoms with Crippen molar-refractivity contribution in [2.45, 2.75) is 6.92 Å². The van der Waals surface area contributed by atoms with Crippen LogP contribution in [-0.2, 0) is 0 Å². The predicted octanol–water partition coefficient (Wildman–Crippen LogP) is 2.00. The summed E-state index contributed by atoms with van der Waals surface area (Å²) < 4.78 is 0. The number of nitrogens with zero attached hydrogens (tertiary/aromatic N) is 1. The van der Waals surface area contributed by atoms with Crippen molar-refractivity contribution >= 4 is 28.7 Å². The second-order valence-electron chi connectivity index (χ2n) is 1.53. The molecule has 0 saturated carbocycles. The molecule has 0 aliphatic rings. The lowest BCUT2D eigenvalue weighted by molar-refractivity contribution is 0.101. The summed E-state index contributed by atoms with van der Waals surface area (Å²) in [5.74, 6) is -0.0353. The summed E-state index contributed by atoms with van der Waals surface area (Å²) in [4.78, 5) is 14.3. The zero-order valence-corrected chi connectivity index (χ0v) is 6.29.